The van der Waals surface area contributed by atoms with Crippen LogP contribution in [0.1, 0.15) is 38.6 Å². The molecule has 5 nitrogen and oxygen atoms in total. The van der Waals surface area contributed by atoms with Gasteiger partial charge in [-0.2, -0.15) is 0 Å². The molecule has 1 aliphatic heterocycles. The summed E-state index contributed by atoms with van der Waals surface area (Å²) in [5, 5.41) is 13.2. The van der Waals surface area contributed by atoms with Gasteiger partial charge in [0.25, 0.3) is 0 Å². The molecule has 1 atom stereocenters. The second-order valence-corrected chi connectivity index (χ2v) is 6.47. The fourth-order valence-electron chi connectivity index (χ4n) is 2.19. The molecule has 1 aromatic rings. The van der Waals surface area contributed by atoms with Crippen molar-refractivity contribution in [2.75, 3.05) is 18.4 Å². The summed E-state index contributed by atoms with van der Waals surface area (Å²) in [6.07, 6.45) is 1.74. The number of likely N-dealkylation sites (tertiary alicyclic amines) is 1. The summed E-state index contributed by atoms with van der Waals surface area (Å²) in [6.45, 7) is 8.84. The van der Waals surface area contributed by atoms with Crippen LogP contribution in [0.2, 0.25) is 0 Å². The van der Waals surface area contributed by atoms with Gasteiger partial charge in [0.05, 0.1) is 6.54 Å². The number of nitrogens with one attached hydrogen (secondary N) is 1. The normalized spacial score (nSPS) is 19.5. The van der Waals surface area contributed by atoms with E-state index in [0.717, 1.165) is 29.6 Å². The van der Waals surface area contributed by atoms with Crippen LogP contribution in [0.3, 0.4) is 0 Å². The molecule has 0 radical (unpaired) electrons. The first kappa shape index (κ1) is 14.2. The monoisotopic (exact) mass is 282 g/mol. The molecule has 0 aromatic carbocycles. The van der Waals surface area contributed by atoms with E-state index in [-0.39, 0.29) is 5.91 Å². The Bertz CT molecular complexity index is 432. The van der Waals surface area contributed by atoms with Crippen molar-refractivity contribution < 1.29 is 4.79 Å². The number of hydrogen-bond donors (Lipinski definition) is 1. The average Bonchev–Trinajstić information content (AvgIpc) is 2.95. The van der Waals surface area contributed by atoms with Crippen molar-refractivity contribution in [2.45, 2.75) is 40.2 Å². The third kappa shape index (κ3) is 3.65. The minimum absolute atomic E-state index is 0.247. The van der Waals surface area contributed by atoms with Crippen molar-refractivity contribution in [3.05, 3.63) is 5.01 Å². The number of aromatic nitrogens is 2. The Balaban J connectivity index is 1.90. The van der Waals surface area contributed by atoms with Crippen LogP contribution in [0, 0.1) is 11.8 Å². The number of rotatable bonds is 6. The summed E-state index contributed by atoms with van der Waals surface area (Å²) < 4.78 is 0. The van der Waals surface area contributed by atoms with E-state index in [1.807, 2.05) is 4.90 Å². The van der Waals surface area contributed by atoms with E-state index >= 15 is 0 Å². The second-order valence-electron chi connectivity index (χ2n) is 5.41. The largest absolute Gasteiger partial charge is 0.360 e. The highest BCUT2D eigenvalue weighted by Crippen LogP contribution is 2.27. The Morgan fingerprint density at radius 1 is 1.47 bits per heavy atom. The lowest BCUT2D eigenvalue weighted by atomic mass is 9.95. The van der Waals surface area contributed by atoms with Gasteiger partial charge in [-0.05, 0) is 18.3 Å². The van der Waals surface area contributed by atoms with E-state index in [1.165, 1.54) is 0 Å². The molecule has 6 heteroatoms. The number of carbonyl (C=O) groups excluding carboxylic acids is 1. The Labute approximate surface area is 118 Å². The number of nitrogens with zero attached hydrogens (tertiary/aromatic N) is 3. The highest BCUT2D eigenvalue weighted by Gasteiger charge is 2.31. The molecule has 1 aromatic heterocycles. The third-order valence-electron chi connectivity index (χ3n) is 3.51. The minimum atomic E-state index is 0.247. The van der Waals surface area contributed by atoms with Gasteiger partial charge in [-0.15, -0.1) is 10.2 Å². The Kier molecular flexibility index (Phi) is 4.74. The molecular formula is C13H22N4OS. The maximum atomic E-state index is 11.9. The molecule has 2 rings (SSSR count). The highest BCUT2D eigenvalue weighted by atomic mass is 32.1. The topological polar surface area (TPSA) is 58.1 Å². The molecule has 0 saturated carbocycles. The van der Waals surface area contributed by atoms with Crippen LogP contribution in [0.15, 0.2) is 0 Å². The lowest BCUT2D eigenvalue weighted by molar-refractivity contribution is -0.128. The van der Waals surface area contributed by atoms with Crippen LogP contribution < -0.4 is 5.32 Å². The maximum absolute atomic E-state index is 11.9. The quantitative estimate of drug-likeness (QED) is 0.870. The predicted molar refractivity (Wildman–Crippen MR) is 77.1 cm³/mol. The Morgan fingerprint density at radius 3 is 2.89 bits per heavy atom. The fraction of sp³-hybridized carbons (Fsp3) is 0.769. The van der Waals surface area contributed by atoms with E-state index < -0.39 is 0 Å². The van der Waals surface area contributed by atoms with Crippen LogP contribution in [-0.2, 0) is 11.3 Å². The van der Waals surface area contributed by atoms with Gasteiger partial charge < -0.3 is 10.2 Å². The molecule has 0 aliphatic carbocycles. The first-order chi connectivity index (χ1) is 9.10. The van der Waals surface area contributed by atoms with E-state index in [0.29, 0.717) is 24.8 Å². The van der Waals surface area contributed by atoms with Crippen LogP contribution in [0.5, 0.6) is 0 Å². The van der Waals surface area contributed by atoms with Gasteiger partial charge in [-0.1, -0.05) is 32.1 Å². The van der Waals surface area contributed by atoms with E-state index in [4.69, 9.17) is 0 Å². The van der Waals surface area contributed by atoms with Gasteiger partial charge in [0.2, 0.25) is 11.0 Å². The molecular weight excluding hydrogens is 260 g/mol. The molecule has 19 heavy (non-hydrogen) atoms. The summed E-state index contributed by atoms with van der Waals surface area (Å²) in [5.74, 6) is 1.29. The smallest absolute Gasteiger partial charge is 0.223 e. The standard InChI is InChI=1S/C13H22N4OS/c1-4-5-14-13-16-15-11(19-13)8-17-7-10(9(2)3)6-12(17)18/h9-10H,4-8H2,1-3H3,(H,14,16). The van der Waals surface area contributed by atoms with Gasteiger partial charge in [-0.3, -0.25) is 4.79 Å². The van der Waals surface area contributed by atoms with E-state index in [2.05, 4.69) is 36.3 Å². The van der Waals surface area contributed by atoms with E-state index in [9.17, 15) is 4.79 Å². The summed E-state index contributed by atoms with van der Waals surface area (Å²) in [4.78, 5) is 13.9. The van der Waals surface area contributed by atoms with Crippen LogP contribution >= 0.6 is 11.3 Å². The number of hydrogen-bond acceptors (Lipinski definition) is 5. The number of anilines is 1. The SMILES string of the molecule is CCCNc1nnc(CN2CC(C(C)C)CC2=O)s1. The van der Waals surface area contributed by atoms with Crippen molar-refractivity contribution in [1.82, 2.24) is 15.1 Å². The van der Waals surface area contributed by atoms with Gasteiger partial charge in [0.15, 0.2) is 0 Å². The molecule has 1 fully saturated rings. The Hall–Kier alpha value is -1.17. The zero-order valence-corrected chi connectivity index (χ0v) is 12.7. The summed E-state index contributed by atoms with van der Waals surface area (Å²) >= 11 is 1.54. The molecule has 1 unspecified atom stereocenters. The van der Waals surface area contributed by atoms with Gasteiger partial charge >= 0.3 is 0 Å². The van der Waals surface area contributed by atoms with Gasteiger partial charge in [0.1, 0.15) is 5.01 Å². The summed E-state index contributed by atoms with van der Waals surface area (Å²) in [7, 11) is 0. The summed E-state index contributed by atoms with van der Waals surface area (Å²) in [6, 6.07) is 0. The van der Waals surface area contributed by atoms with Crippen molar-refractivity contribution >= 4 is 22.4 Å². The van der Waals surface area contributed by atoms with Crippen molar-refractivity contribution in [2.24, 2.45) is 11.8 Å². The van der Waals surface area contributed by atoms with Crippen molar-refractivity contribution in [3.63, 3.8) is 0 Å². The van der Waals surface area contributed by atoms with Gasteiger partial charge in [0, 0.05) is 19.5 Å². The predicted octanol–water partition coefficient (Wildman–Crippen LogP) is 2.36. The molecule has 1 aliphatic rings. The highest BCUT2D eigenvalue weighted by molar-refractivity contribution is 7.15. The lowest BCUT2D eigenvalue weighted by Crippen LogP contribution is -2.25. The first-order valence-corrected chi connectivity index (χ1v) is 7.75. The average molecular weight is 282 g/mol. The molecule has 1 N–H and O–H groups in total. The molecule has 1 saturated heterocycles. The zero-order chi connectivity index (χ0) is 13.8. The van der Waals surface area contributed by atoms with Crippen molar-refractivity contribution in [3.8, 4) is 0 Å². The minimum Gasteiger partial charge on any atom is -0.360 e. The Morgan fingerprint density at radius 2 is 2.26 bits per heavy atom. The third-order valence-corrected chi connectivity index (χ3v) is 4.37. The van der Waals surface area contributed by atoms with Crippen LogP contribution in [-0.4, -0.2) is 34.1 Å². The second kappa shape index (κ2) is 6.32. The first-order valence-electron chi connectivity index (χ1n) is 6.94. The maximum Gasteiger partial charge on any atom is 0.223 e. The molecule has 1 amide bonds. The molecule has 106 valence electrons. The van der Waals surface area contributed by atoms with E-state index in [1.54, 1.807) is 11.3 Å². The van der Waals surface area contributed by atoms with Gasteiger partial charge in [-0.25, -0.2) is 0 Å². The molecule has 0 spiro atoms. The molecule has 2 heterocycles. The van der Waals surface area contributed by atoms with Crippen LogP contribution in [0.25, 0.3) is 0 Å². The fourth-order valence-corrected chi connectivity index (χ4v) is 2.97. The van der Waals surface area contributed by atoms with Crippen LogP contribution in [0.4, 0.5) is 5.13 Å². The van der Waals surface area contributed by atoms with Crippen molar-refractivity contribution in [1.29, 1.82) is 0 Å². The molecule has 0 bridgehead atoms. The summed E-state index contributed by atoms with van der Waals surface area (Å²) in [5.41, 5.74) is 0. The number of amides is 1. The number of carbonyl (C=O) groups is 1. The zero-order valence-electron chi connectivity index (χ0n) is 11.8. The lowest BCUT2D eigenvalue weighted by Gasteiger charge is -2.16.